The Morgan fingerprint density at radius 1 is 1.00 bits per heavy atom. The maximum atomic E-state index is 12.4. The van der Waals surface area contributed by atoms with Crippen LogP contribution in [-0.2, 0) is 19.2 Å². The summed E-state index contributed by atoms with van der Waals surface area (Å²) in [7, 11) is 0. The summed E-state index contributed by atoms with van der Waals surface area (Å²) in [4.78, 5) is 51.3. The van der Waals surface area contributed by atoms with E-state index in [-0.39, 0.29) is 31.1 Å². The Kier molecular flexibility index (Phi) is 12.4. The number of thiol groups is 1. The number of aliphatic hydroxyl groups excluding tert-OH is 1. The number of carbonyl (C=O) groups excluding carboxylic acids is 3. The van der Waals surface area contributed by atoms with Gasteiger partial charge in [0.2, 0.25) is 17.7 Å². The zero-order valence-electron chi connectivity index (χ0n) is 16.0. The average molecular weight is 436 g/mol. The van der Waals surface area contributed by atoms with Crippen LogP contribution in [0.2, 0.25) is 0 Å². The third kappa shape index (κ3) is 10.5. The van der Waals surface area contributed by atoms with Gasteiger partial charge in [-0.15, -0.1) is 0 Å². The third-order valence-corrected chi connectivity index (χ3v) is 3.97. The van der Waals surface area contributed by atoms with Crippen molar-refractivity contribution < 1.29 is 29.4 Å². The van der Waals surface area contributed by atoms with Gasteiger partial charge in [-0.05, 0) is 19.8 Å². The molecule has 4 unspecified atom stereocenters. The van der Waals surface area contributed by atoms with Crippen molar-refractivity contribution >= 4 is 42.3 Å². The fourth-order valence-corrected chi connectivity index (χ4v) is 2.26. The Labute approximate surface area is 173 Å². The van der Waals surface area contributed by atoms with Crippen LogP contribution in [0.25, 0.3) is 0 Å². The molecule has 0 bridgehead atoms. The fourth-order valence-electron chi connectivity index (χ4n) is 2.00. The van der Waals surface area contributed by atoms with E-state index in [1.54, 1.807) is 0 Å². The molecule has 0 aliphatic heterocycles. The van der Waals surface area contributed by atoms with Gasteiger partial charge in [0.25, 0.3) is 0 Å². The van der Waals surface area contributed by atoms with Gasteiger partial charge in [0.1, 0.15) is 18.1 Å². The van der Waals surface area contributed by atoms with Crippen LogP contribution in [0.5, 0.6) is 0 Å². The van der Waals surface area contributed by atoms with Crippen molar-refractivity contribution in [1.82, 2.24) is 16.0 Å². The number of hydrogen-bond donors (Lipinski definition) is 9. The summed E-state index contributed by atoms with van der Waals surface area (Å²) < 4.78 is 0. The highest BCUT2D eigenvalue weighted by atomic mass is 32.1. The molecule has 0 spiro atoms. The molecule has 0 aromatic carbocycles. The monoisotopic (exact) mass is 435 g/mol. The zero-order chi connectivity index (χ0) is 22.6. The number of nitrogens with zero attached hydrogens (tertiary/aromatic N) is 1. The second kappa shape index (κ2) is 13.6. The standard InChI is InChI=1S/C15H29N7O6S/c1-7(16)11(24)22-10(6-29)13(26)20-8(3-2-4-19-15(17)18)12(25)21-9(5-23)14(27)28/h7-10,23,29H,2-6,16H2,1H3,(H,20,26)(H,21,25)(H,22,24)(H,27,28)(H4,17,18,19). The molecule has 0 aromatic rings. The Morgan fingerprint density at radius 3 is 1.97 bits per heavy atom. The van der Waals surface area contributed by atoms with Crippen molar-refractivity contribution in [1.29, 1.82) is 0 Å². The van der Waals surface area contributed by atoms with E-state index in [9.17, 15) is 19.2 Å². The summed E-state index contributed by atoms with van der Waals surface area (Å²) >= 11 is 4.00. The van der Waals surface area contributed by atoms with Crippen LogP contribution in [0, 0.1) is 0 Å². The summed E-state index contributed by atoms with van der Waals surface area (Å²) in [5.74, 6) is -3.79. The van der Waals surface area contributed by atoms with E-state index in [0.29, 0.717) is 0 Å². The highest BCUT2D eigenvalue weighted by Gasteiger charge is 2.29. The van der Waals surface area contributed by atoms with Gasteiger partial charge in [-0.2, -0.15) is 12.6 Å². The van der Waals surface area contributed by atoms with Gasteiger partial charge in [-0.1, -0.05) is 0 Å². The molecule has 11 N–H and O–H groups in total. The molecule has 0 aliphatic rings. The lowest BCUT2D eigenvalue weighted by atomic mass is 10.1. The van der Waals surface area contributed by atoms with Crippen LogP contribution in [0.4, 0.5) is 0 Å². The van der Waals surface area contributed by atoms with Crippen molar-refractivity contribution in [3.05, 3.63) is 0 Å². The highest BCUT2D eigenvalue weighted by Crippen LogP contribution is 2.02. The fraction of sp³-hybridized carbons (Fsp3) is 0.667. The smallest absolute Gasteiger partial charge is 0.328 e. The predicted molar refractivity (Wildman–Crippen MR) is 108 cm³/mol. The summed E-state index contributed by atoms with van der Waals surface area (Å²) in [5.41, 5.74) is 15.9. The Morgan fingerprint density at radius 2 is 1.52 bits per heavy atom. The number of guanidine groups is 1. The second-order valence-electron chi connectivity index (χ2n) is 6.12. The third-order valence-electron chi connectivity index (χ3n) is 3.60. The summed E-state index contributed by atoms with van der Waals surface area (Å²) in [6.45, 7) is 0.769. The first-order valence-electron chi connectivity index (χ1n) is 8.70. The molecule has 166 valence electrons. The minimum atomic E-state index is -1.54. The van der Waals surface area contributed by atoms with Crippen LogP contribution in [0.1, 0.15) is 19.8 Å². The summed E-state index contributed by atoms with van der Waals surface area (Å²) in [6, 6.07) is -4.64. The van der Waals surface area contributed by atoms with E-state index < -0.39 is 54.5 Å². The molecule has 0 aromatic heterocycles. The lowest BCUT2D eigenvalue weighted by Gasteiger charge is -2.23. The number of rotatable bonds is 13. The molecule has 0 radical (unpaired) electrons. The molecule has 0 rings (SSSR count). The van der Waals surface area contributed by atoms with Crippen LogP contribution < -0.4 is 33.2 Å². The molecule has 29 heavy (non-hydrogen) atoms. The Balaban J connectivity index is 5.21. The Bertz CT molecular complexity index is 612. The molecule has 14 heteroatoms. The van der Waals surface area contributed by atoms with Crippen LogP contribution >= 0.6 is 12.6 Å². The number of nitrogens with one attached hydrogen (secondary N) is 3. The molecule has 3 amide bonds. The lowest BCUT2D eigenvalue weighted by Crippen LogP contribution is -2.57. The number of carboxylic acids is 1. The average Bonchev–Trinajstić information content (AvgIpc) is 2.65. The molecule has 4 atom stereocenters. The number of hydrogen-bond acceptors (Lipinski definition) is 8. The molecular formula is C15H29N7O6S. The van der Waals surface area contributed by atoms with Gasteiger partial charge in [-0.3, -0.25) is 19.4 Å². The van der Waals surface area contributed by atoms with Gasteiger partial charge in [0.15, 0.2) is 5.96 Å². The number of aliphatic carboxylic acids is 1. The van der Waals surface area contributed by atoms with Crippen LogP contribution in [-0.4, -0.2) is 82.9 Å². The van der Waals surface area contributed by atoms with E-state index in [0.717, 1.165) is 0 Å². The van der Waals surface area contributed by atoms with Crippen molar-refractivity contribution in [3.8, 4) is 0 Å². The maximum Gasteiger partial charge on any atom is 0.328 e. The van der Waals surface area contributed by atoms with Gasteiger partial charge >= 0.3 is 5.97 Å². The number of amides is 3. The maximum absolute atomic E-state index is 12.4. The first-order chi connectivity index (χ1) is 13.5. The molecule has 0 heterocycles. The SMILES string of the molecule is CC(N)C(=O)NC(CS)C(=O)NC(CCCN=C(N)N)C(=O)NC(CO)C(=O)O. The van der Waals surface area contributed by atoms with E-state index in [4.69, 9.17) is 27.4 Å². The van der Waals surface area contributed by atoms with E-state index in [1.165, 1.54) is 6.92 Å². The number of nitrogens with two attached hydrogens (primary N) is 3. The van der Waals surface area contributed by atoms with Gasteiger partial charge in [-0.25, -0.2) is 4.79 Å². The zero-order valence-corrected chi connectivity index (χ0v) is 16.9. The molecule has 0 fully saturated rings. The predicted octanol–water partition coefficient (Wildman–Crippen LogP) is -4.15. The summed E-state index contributed by atoms with van der Waals surface area (Å²) in [5, 5.41) is 25.0. The molecule has 0 aliphatic carbocycles. The number of aliphatic hydroxyl groups is 1. The van der Waals surface area contributed by atoms with E-state index in [1.807, 2.05) is 0 Å². The van der Waals surface area contributed by atoms with Crippen molar-refractivity contribution in [2.75, 3.05) is 18.9 Å². The molecule has 0 saturated carbocycles. The topological polar surface area (TPSA) is 235 Å². The van der Waals surface area contributed by atoms with Gasteiger partial charge in [0.05, 0.1) is 12.6 Å². The first-order valence-corrected chi connectivity index (χ1v) is 9.33. The van der Waals surface area contributed by atoms with Crippen molar-refractivity contribution in [2.24, 2.45) is 22.2 Å². The van der Waals surface area contributed by atoms with Gasteiger partial charge in [0, 0.05) is 12.3 Å². The van der Waals surface area contributed by atoms with Crippen molar-refractivity contribution in [2.45, 2.75) is 43.9 Å². The minimum absolute atomic E-state index is 0.0622. The number of carboxylic acid groups (broad SMARTS) is 1. The first kappa shape index (κ1) is 26.4. The second-order valence-corrected chi connectivity index (χ2v) is 6.49. The van der Waals surface area contributed by atoms with Crippen LogP contribution in [0.15, 0.2) is 4.99 Å². The van der Waals surface area contributed by atoms with Crippen molar-refractivity contribution in [3.63, 3.8) is 0 Å². The normalized spacial score (nSPS) is 14.6. The number of aliphatic imine (C=N–C) groups is 1. The quantitative estimate of drug-likeness (QED) is 0.0590. The molecule has 13 nitrogen and oxygen atoms in total. The molecular weight excluding hydrogens is 406 g/mol. The highest BCUT2D eigenvalue weighted by molar-refractivity contribution is 7.80. The Hall–Kier alpha value is -2.58. The lowest BCUT2D eigenvalue weighted by molar-refractivity contribution is -0.143. The van der Waals surface area contributed by atoms with E-state index in [2.05, 4.69) is 33.6 Å². The largest absolute Gasteiger partial charge is 0.480 e. The minimum Gasteiger partial charge on any atom is -0.480 e. The van der Waals surface area contributed by atoms with E-state index >= 15 is 0 Å². The van der Waals surface area contributed by atoms with Gasteiger partial charge < -0.3 is 43.4 Å². The molecule has 0 saturated heterocycles. The summed E-state index contributed by atoms with van der Waals surface area (Å²) in [6.07, 6.45) is 0.345. The number of carbonyl (C=O) groups is 4. The van der Waals surface area contributed by atoms with Crippen LogP contribution in [0.3, 0.4) is 0 Å².